The van der Waals surface area contributed by atoms with Gasteiger partial charge in [0, 0.05) is 24.0 Å². The molecule has 96 valence electrons. The number of nitrogens with one attached hydrogen (secondary N) is 1. The Kier molecular flexibility index (Phi) is 4.40. The van der Waals surface area contributed by atoms with Crippen molar-refractivity contribution in [3.63, 3.8) is 0 Å². The molecule has 0 amide bonds. The molecular weight excluding hydrogens is 230 g/mol. The van der Waals surface area contributed by atoms with Crippen molar-refractivity contribution in [3.05, 3.63) is 11.1 Å². The molecule has 1 aromatic rings. The Labute approximate surface area is 108 Å². The standard InChI is InChI=1S/C13H23N3S/c1-4-11-7-6-8-16(11)13-15-12(9-17-13)10(3)14-5-2/h9-11,14H,4-8H2,1-3H3. The third kappa shape index (κ3) is 2.80. The monoisotopic (exact) mass is 253 g/mol. The summed E-state index contributed by atoms with van der Waals surface area (Å²) in [6.45, 7) is 8.77. The van der Waals surface area contributed by atoms with Crippen molar-refractivity contribution >= 4 is 16.5 Å². The van der Waals surface area contributed by atoms with Crippen molar-refractivity contribution in [3.8, 4) is 0 Å². The number of rotatable bonds is 5. The largest absolute Gasteiger partial charge is 0.345 e. The van der Waals surface area contributed by atoms with Crippen LogP contribution in [0.2, 0.25) is 0 Å². The lowest BCUT2D eigenvalue weighted by atomic mass is 10.2. The van der Waals surface area contributed by atoms with Gasteiger partial charge >= 0.3 is 0 Å². The Morgan fingerprint density at radius 2 is 2.41 bits per heavy atom. The summed E-state index contributed by atoms with van der Waals surface area (Å²) >= 11 is 1.79. The molecule has 1 aliphatic rings. The highest BCUT2D eigenvalue weighted by Gasteiger charge is 2.25. The Hall–Kier alpha value is -0.610. The summed E-state index contributed by atoms with van der Waals surface area (Å²) in [6.07, 6.45) is 3.88. The summed E-state index contributed by atoms with van der Waals surface area (Å²) in [4.78, 5) is 7.28. The molecule has 1 aliphatic heterocycles. The Morgan fingerprint density at radius 3 is 3.12 bits per heavy atom. The van der Waals surface area contributed by atoms with Crippen molar-refractivity contribution in [1.29, 1.82) is 0 Å². The lowest BCUT2D eigenvalue weighted by Gasteiger charge is -2.22. The van der Waals surface area contributed by atoms with Crippen LogP contribution in [0.4, 0.5) is 5.13 Å². The quantitative estimate of drug-likeness (QED) is 0.873. The maximum Gasteiger partial charge on any atom is 0.185 e. The van der Waals surface area contributed by atoms with Crippen molar-refractivity contribution < 1.29 is 0 Å². The summed E-state index contributed by atoms with van der Waals surface area (Å²) in [5, 5.41) is 6.84. The van der Waals surface area contributed by atoms with Crippen LogP contribution in [0.3, 0.4) is 0 Å². The highest BCUT2D eigenvalue weighted by atomic mass is 32.1. The first-order chi connectivity index (χ1) is 8.26. The van der Waals surface area contributed by atoms with Crippen LogP contribution in [0.1, 0.15) is 51.8 Å². The van der Waals surface area contributed by atoms with Crippen LogP contribution in [0, 0.1) is 0 Å². The lowest BCUT2D eigenvalue weighted by molar-refractivity contribution is 0.584. The molecule has 2 rings (SSSR count). The van der Waals surface area contributed by atoms with E-state index >= 15 is 0 Å². The topological polar surface area (TPSA) is 28.2 Å². The summed E-state index contributed by atoms with van der Waals surface area (Å²) in [5.41, 5.74) is 1.19. The fraction of sp³-hybridized carbons (Fsp3) is 0.769. The molecule has 0 radical (unpaired) electrons. The Morgan fingerprint density at radius 1 is 1.59 bits per heavy atom. The zero-order valence-electron chi connectivity index (χ0n) is 11.1. The van der Waals surface area contributed by atoms with Gasteiger partial charge in [0.1, 0.15) is 0 Å². The molecule has 0 saturated carbocycles. The lowest BCUT2D eigenvalue weighted by Crippen LogP contribution is -2.28. The minimum atomic E-state index is 0.368. The Bertz CT molecular complexity index is 350. The van der Waals surface area contributed by atoms with Crippen LogP contribution in [0.15, 0.2) is 5.38 Å². The molecule has 1 saturated heterocycles. The fourth-order valence-corrected chi connectivity index (χ4v) is 3.55. The van der Waals surface area contributed by atoms with E-state index in [4.69, 9.17) is 4.98 Å². The SMILES string of the molecule is CCNC(C)c1csc(N2CCCC2CC)n1. The predicted octanol–water partition coefficient (Wildman–Crippen LogP) is 3.19. The smallest absolute Gasteiger partial charge is 0.185 e. The van der Waals surface area contributed by atoms with Crippen LogP contribution in [-0.2, 0) is 0 Å². The van der Waals surface area contributed by atoms with E-state index in [9.17, 15) is 0 Å². The second-order valence-electron chi connectivity index (χ2n) is 4.73. The van der Waals surface area contributed by atoms with Crippen LogP contribution >= 0.6 is 11.3 Å². The van der Waals surface area contributed by atoms with E-state index < -0.39 is 0 Å². The molecule has 0 bridgehead atoms. The number of anilines is 1. The van der Waals surface area contributed by atoms with Crippen molar-refractivity contribution in [2.24, 2.45) is 0 Å². The van der Waals surface area contributed by atoms with Gasteiger partial charge in [0.05, 0.1) is 5.69 Å². The number of aromatic nitrogens is 1. The van der Waals surface area contributed by atoms with Gasteiger partial charge in [-0.15, -0.1) is 11.3 Å². The molecule has 4 heteroatoms. The molecule has 17 heavy (non-hydrogen) atoms. The van der Waals surface area contributed by atoms with E-state index in [1.165, 1.54) is 36.6 Å². The molecule has 1 fully saturated rings. The molecule has 2 unspecified atom stereocenters. The first kappa shape index (κ1) is 12.8. The van der Waals surface area contributed by atoms with Crippen molar-refractivity contribution in [2.45, 2.75) is 52.1 Å². The normalized spacial score (nSPS) is 22.1. The molecule has 2 atom stereocenters. The van der Waals surface area contributed by atoms with Crippen LogP contribution < -0.4 is 10.2 Å². The average molecular weight is 253 g/mol. The zero-order chi connectivity index (χ0) is 12.3. The van der Waals surface area contributed by atoms with Crippen molar-refractivity contribution in [2.75, 3.05) is 18.0 Å². The highest BCUT2D eigenvalue weighted by Crippen LogP contribution is 2.31. The molecule has 1 N–H and O–H groups in total. The second-order valence-corrected chi connectivity index (χ2v) is 5.57. The van der Waals surface area contributed by atoms with Crippen LogP contribution in [0.5, 0.6) is 0 Å². The molecule has 1 aromatic heterocycles. The van der Waals surface area contributed by atoms with Gasteiger partial charge in [-0.1, -0.05) is 13.8 Å². The molecule has 0 aromatic carbocycles. The minimum absolute atomic E-state index is 0.368. The molecule has 2 heterocycles. The van der Waals surface area contributed by atoms with Crippen LogP contribution in [-0.4, -0.2) is 24.1 Å². The zero-order valence-corrected chi connectivity index (χ0v) is 11.9. The third-order valence-electron chi connectivity index (χ3n) is 3.56. The van der Waals surface area contributed by atoms with Gasteiger partial charge in [-0.2, -0.15) is 0 Å². The molecule has 3 nitrogen and oxygen atoms in total. The number of hydrogen-bond acceptors (Lipinski definition) is 4. The van der Waals surface area contributed by atoms with E-state index in [1.807, 2.05) is 0 Å². The highest BCUT2D eigenvalue weighted by molar-refractivity contribution is 7.13. The molecular formula is C13H23N3S. The van der Waals surface area contributed by atoms with E-state index in [2.05, 4.69) is 36.4 Å². The van der Waals surface area contributed by atoms with Crippen LogP contribution in [0.25, 0.3) is 0 Å². The van der Waals surface area contributed by atoms with Gasteiger partial charge < -0.3 is 10.2 Å². The van der Waals surface area contributed by atoms with E-state index in [-0.39, 0.29) is 0 Å². The molecule has 0 spiro atoms. The summed E-state index contributed by atoms with van der Waals surface area (Å²) in [7, 11) is 0. The van der Waals surface area contributed by atoms with E-state index in [0.29, 0.717) is 12.1 Å². The maximum absolute atomic E-state index is 4.79. The first-order valence-electron chi connectivity index (χ1n) is 6.71. The van der Waals surface area contributed by atoms with Gasteiger partial charge in [-0.05, 0) is 32.7 Å². The maximum atomic E-state index is 4.79. The summed E-state index contributed by atoms with van der Waals surface area (Å²) in [5.74, 6) is 0. The fourth-order valence-electron chi connectivity index (χ4n) is 2.53. The predicted molar refractivity (Wildman–Crippen MR) is 74.9 cm³/mol. The van der Waals surface area contributed by atoms with Crippen molar-refractivity contribution in [1.82, 2.24) is 10.3 Å². The number of hydrogen-bond donors (Lipinski definition) is 1. The molecule has 0 aliphatic carbocycles. The van der Waals surface area contributed by atoms with Gasteiger partial charge in [0.15, 0.2) is 5.13 Å². The van der Waals surface area contributed by atoms with Gasteiger partial charge in [0.25, 0.3) is 0 Å². The third-order valence-corrected chi connectivity index (χ3v) is 4.45. The van der Waals surface area contributed by atoms with Gasteiger partial charge in [-0.25, -0.2) is 4.98 Å². The number of nitrogens with zero attached hydrogens (tertiary/aromatic N) is 2. The second kappa shape index (κ2) is 5.83. The van der Waals surface area contributed by atoms with E-state index in [0.717, 1.165) is 6.54 Å². The Balaban J connectivity index is 2.07. The average Bonchev–Trinajstić information content (AvgIpc) is 2.97. The number of thiazole rings is 1. The summed E-state index contributed by atoms with van der Waals surface area (Å²) in [6, 6.07) is 1.08. The minimum Gasteiger partial charge on any atom is -0.345 e. The first-order valence-corrected chi connectivity index (χ1v) is 7.59. The summed E-state index contributed by atoms with van der Waals surface area (Å²) < 4.78 is 0. The van der Waals surface area contributed by atoms with Gasteiger partial charge in [0.2, 0.25) is 0 Å². The van der Waals surface area contributed by atoms with Gasteiger partial charge in [-0.3, -0.25) is 0 Å². The van der Waals surface area contributed by atoms with E-state index in [1.54, 1.807) is 11.3 Å².